The number of nitrogens with zero attached hydrogens (tertiary/aromatic N) is 1. The number of hydrogen-bond donors (Lipinski definition) is 2. The number of carbonyl (C=O) groups is 4. The third-order valence-corrected chi connectivity index (χ3v) is 5.16. The number of hydrogen-bond acceptors (Lipinski definition) is 6. The maximum atomic E-state index is 13.4. The number of ether oxygens (including phenoxy) is 2. The fourth-order valence-corrected chi connectivity index (χ4v) is 3.62. The zero-order chi connectivity index (χ0) is 26.8. The lowest BCUT2D eigenvalue weighted by Gasteiger charge is -2.36. The van der Waals surface area contributed by atoms with Crippen LogP contribution in [0.2, 0.25) is 0 Å². The van der Waals surface area contributed by atoms with Gasteiger partial charge in [0.1, 0.15) is 18.2 Å². The van der Waals surface area contributed by atoms with Crippen molar-refractivity contribution in [2.45, 2.75) is 85.9 Å². The highest BCUT2D eigenvalue weighted by atomic mass is 16.6. The third-order valence-electron chi connectivity index (χ3n) is 5.16. The molecule has 9 nitrogen and oxygen atoms in total. The molecule has 0 aliphatic carbocycles. The molecule has 2 unspecified atom stereocenters. The molecular formula is C26H41N3O6. The molecule has 0 aliphatic heterocycles. The lowest BCUT2D eigenvalue weighted by atomic mass is 9.97. The van der Waals surface area contributed by atoms with Gasteiger partial charge >= 0.3 is 12.1 Å². The second-order valence-electron chi connectivity index (χ2n) is 9.58. The first kappa shape index (κ1) is 29.9. The fraction of sp³-hybridized carbons (Fsp3) is 0.615. The number of amides is 3. The van der Waals surface area contributed by atoms with Crippen LogP contribution in [0.3, 0.4) is 0 Å². The molecule has 2 N–H and O–H groups in total. The van der Waals surface area contributed by atoms with Crippen LogP contribution in [0.25, 0.3) is 0 Å². The Morgan fingerprint density at radius 2 is 1.60 bits per heavy atom. The van der Waals surface area contributed by atoms with Crippen molar-refractivity contribution in [1.82, 2.24) is 15.5 Å². The number of carbonyl (C=O) groups excluding carboxylic acids is 4. The zero-order valence-electron chi connectivity index (χ0n) is 22.3. The Hall–Kier alpha value is -3.10. The molecule has 0 radical (unpaired) electrons. The Kier molecular flexibility index (Phi) is 11.7. The Bertz CT molecular complexity index is 873. The van der Waals surface area contributed by atoms with Crippen LogP contribution in [0.1, 0.15) is 77.1 Å². The van der Waals surface area contributed by atoms with Gasteiger partial charge in [-0.1, -0.05) is 36.2 Å². The van der Waals surface area contributed by atoms with Crippen molar-refractivity contribution in [3.63, 3.8) is 0 Å². The third kappa shape index (κ3) is 10.4. The quantitative estimate of drug-likeness (QED) is 0.458. The summed E-state index contributed by atoms with van der Waals surface area (Å²) in [5, 5.41) is 5.27. The van der Waals surface area contributed by atoms with Crippen molar-refractivity contribution in [3.8, 4) is 0 Å². The second-order valence-corrected chi connectivity index (χ2v) is 9.58. The summed E-state index contributed by atoms with van der Waals surface area (Å²) in [4.78, 5) is 52.1. The number of esters is 1. The van der Waals surface area contributed by atoms with Gasteiger partial charge in [-0.05, 0) is 60.5 Å². The Morgan fingerprint density at radius 3 is 2.11 bits per heavy atom. The van der Waals surface area contributed by atoms with Gasteiger partial charge in [0.2, 0.25) is 11.8 Å². The van der Waals surface area contributed by atoms with E-state index in [1.807, 2.05) is 45.9 Å². The maximum Gasteiger partial charge on any atom is 0.408 e. The number of alkyl carbamates (subject to hydrolysis) is 1. The van der Waals surface area contributed by atoms with Crippen LogP contribution < -0.4 is 10.6 Å². The van der Waals surface area contributed by atoms with E-state index >= 15 is 0 Å². The van der Waals surface area contributed by atoms with Crippen LogP contribution in [-0.4, -0.2) is 60.1 Å². The van der Waals surface area contributed by atoms with E-state index in [0.29, 0.717) is 12.0 Å². The summed E-state index contributed by atoms with van der Waals surface area (Å²) in [5.74, 6) is -1.24. The minimum absolute atomic E-state index is 0.0244. The molecule has 196 valence electrons. The monoisotopic (exact) mass is 491 g/mol. The molecular weight excluding hydrogens is 450 g/mol. The highest BCUT2D eigenvalue weighted by Gasteiger charge is 2.34. The van der Waals surface area contributed by atoms with Gasteiger partial charge in [0.25, 0.3) is 0 Å². The smallest absolute Gasteiger partial charge is 0.408 e. The molecule has 0 heterocycles. The van der Waals surface area contributed by atoms with Crippen molar-refractivity contribution in [3.05, 3.63) is 34.9 Å². The van der Waals surface area contributed by atoms with Crippen LogP contribution >= 0.6 is 0 Å². The van der Waals surface area contributed by atoms with E-state index < -0.39 is 35.5 Å². The number of benzene rings is 1. The normalized spacial score (nSPS) is 12.8. The second kappa shape index (κ2) is 13.7. The van der Waals surface area contributed by atoms with Crippen LogP contribution in [0.15, 0.2) is 18.2 Å². The SMILES string of the molecule is CCOC(=O)CCNC(=O)C(c1cc(C)cc(C)c1)N(C(=O)CNC(=O)OC(C)(C)C)C(C)CC. The number of rotatable bonds is 11. The van der Waals surface area contributed by atoms with E-state index in [9.17, 15) is 19.2 Å². The van der Waals surface area contributed by atoms with Crippen LogP contribution in [-0.2, 0) is 23.9 Å². The molecule has 3 amide bonds. The largest absolute Gasteiger partial charge is 0.466 e. The van der Waals surface area contributed by atoms with Gasteiger partial charge in [-0.3, -0.25) is 14.4 Å². The summed E-state index contributed by atoms with van der Waals surface area (Å²) in [5.41, 5.74) is 1.85. The molecule has 1 rings (SSSR count). The van der Waals surface area contributed by atoms with Gasteiger partial charge in [-0.25, -0.2) is 4.79 Å². The van der Waals surface area contributed by atoms with E-state index in [-0.39, 0.29) is 32.2 Å². The molecule has 0 aliphatic rings. The summed E-state index contributed by atoms with van der Waals surface area (Å²) in [6, 6.07) is 4.47. The van der Waals surface area contributed by atoms with E-state index in [0.717, 1.165) is 11.1 Å². The van der Waals surface area contributed by atoms with E-state index in [2.05, 4.69) is 10.6 Å². The van der Waals surface area contributed by atoms with E-state index in [1.54, 1.807) is 27.7 Å². The average Bonchev–Trinajstić information content (AvgIpc) is 2.73. The Balaban J connectivity index is 3.24. The van der Waals surface area contributed by atoms with Crippen molar-refractivity contribution < 1.29 is 28.7 Å². The first-order chi connectivity index (χ1) is 16.3. The molecule has 0 saturated carbocycles. The highest BCUT2D eigenvalue weighted by Crippen LogP contribution is 2.27. The van der Waals surface area contributed by atoms with E-state index in [1.165, 1.54) is 4.90 Å². The molecule has 0 fully saturated rings. The topological polar surface area (TPSA) is 114 Å². The van der Waals surface area contributed by atoms with Crippen molar-refractivity contribution >= 4 is 23.9 Å². The lowest BCUT2D eigenvalue weighted by molar-refractivity contribution is -0.144. The predicted octanol–water partition coefficient (Wildman–Crippen LogP) is 3.57. The van der Waals surface area contributed by atoms with Gasteiger partial charge in [-0.15, -0.1) is 0 Å². The predicted molar refractivity (Wildman–Crippen MR) is 134 cm³/mol. The summed E-state index contributed by atoms with van der Waals surface area (Å²) < 4.78 is 10.2. The Morgan fingerprint density at radius 1 is 1.00 bits per heavy atom. The van der Waals surface area contributed by atoms with Gasteiger partial charge in [0.05, 0.1) is 13.0 Å². The van der Waals surface area contributed by atoms with Crippen LogP contribution in [0, 0.1) is 13.8 Å². The van der Waals surface area contributed by atoms with Gasteiger partial charge in [-0.2, -0.15) is 0 Å². The molecule has 2 atom stereocenters. The molecule has 0 bridgehead atoms. The minimum Gasteiger partial charge on any atom is -0.466 e. The molecule has 0 aromatic heterocycles. The first-order valence-corrected chi connectivity index (χ1v) is 12.1. The highest BCUT2D eigenvalue weighted by molar-refractivity contribution is 5.91. The fourth-order valence-electron chi connectivity index (χ4n) is 3.62. The van der Waals surface area contributed by atoms with Crippen molar-refractivity contribution in [2.75, 3.05) is 19.7 Å². The van der Waals surface area contributed by atoms with Crippen molar-refractivity contribution in [1.29, 1.82) is 0 Å². The molecule has 9 heteroatoms. The number of nitrogens with one attached hydrogen (secondary N) is 2. The summed E-state index contributed by atoms with van der Waals surface area (Å²) in [6.45, 7) is 14.6. The van der Waals surface area contributed by atoms with Gasteiger partial charge < -0.3 is 25.0 Å². The summed E-state index contributed by atoms with van der Waals surface area (Å²) in [7, 11) is 0. The Labute approximate surface area is 208 Å². The maximum absolute atomic E-state index is 13.4. The van der Waals surface area contributed by atoms with E-state index in [4.69, 9.17) is 9.47 Å². The number of aryl methyl sites for hydroxylation is 2. The first-order valence-electron chi connectivity index (χ1n) is 12.1. The molecule has 35 heavy (non-hydrogen) atoms. The molecule has 1 aromatic rings. The lowest BCUT2D eigenvalue weighted by Crippen LogP contribution is -2.51. The molecule has 0 saturated heterocycles. The van der Waals surface area contributed by atoms with Gasteiger partial charge in [0, 0.05) is 12.6 Å². The standard InChI is InChI=1S/C26H41N3O6/c1-9-19(5)29(21(30)16-28-25(33)35-26(6,7)8)23(20-14-17(3)13-18(4)15-20)24(32)27-12-11-22(31)34-10-2/h13-15,19,23H,9-12,16H2,1-8H3,(H,27,32)(H,28,33). The van der Waals surface area contributed by atoms with Crippen LogP contribution in [0.4, 0.5) is 4.79 Å². The average molecular weight is 492 g/mol. The zero-order valence-corrected chi connectivity index (χ0v) is 22.3. The van der Waals surface area contributed by atoms with Gasteiger partial charge in [0.15, 0.2) is 0 Å². The minimum atomic E-state index is -0.946. The molecule has 0 spiro atoms. The van der Waals surface area contributed by atoms with Crippen LogP contribution in [0.5, 0.6) is 0 Å². The summed E-state index contributed by atoms with van der Waals surface area (Å²) >= 11 is 0. The molecule has 1 aromatic carbocycles. The summed E-state index contributed by atoms with van der Waals surface area (Å²) in [6.07, 6.45) is -0.0940. The van der Waals surface area contributed by atoms with Crippen molar-refractivity contribution in [2.24, 2.45) is 0 Å².